The molecule has 0 aliphatic rings. The Hall–Kier alpha value is -3.48. The van der Waals surface area contributed by atoms with Crippen LogP contribution in [0.25, 0.3) is 53.8 Å². The van der Waals surface area contributed by atoms with E-state index in [4.69, 9.17) is 6.35 Å². The average Bonchev–Trinajstić information content (AvgIpc) is 3.44. The standard InChI is InChI=1S/C20H15FNS.C20H20GeN.Ir/c1-12(2)16-10-18(22-11-17(16)21)15-8-5-7-14-13-6-3-4-9-19(13)23-20(14)15;1-21(2,3)19-15-22-20(17-12-8-5-9-13-17)14-18(19)16-10-6-4-7-11-16;/h3-7,9-12H,1-2H3;4-12,14-15H,1-3H3;/q2*-1;/i12D;;. The van der Waals surface area contributed by atoms with Gasteiger partial charge < -0.3 is 4.98 Å². The van der Waals surface area contributed by atoms with E-state index in [2.05, 4.69) is 101 Å². The summed E-state index contributed by atoms with van der Waals surface area (Å²) in [6.07, 6.45) is 3.31. The zero-order chi connectivity index (χ0) is 32.5. The fourth-order valence-corrected chi connectivity index (χ4v) is 9.75. The molecule has 1 radical (unpaired) electrons. The number of hydrogen-bond acceptors (Lipinski definition) is 3. The van der Waals surface area contributed by atoms with Crippen LogP contribution < -0.4 is 4.40 Å². The van der Waals surface area contributed by atoms with Crippen molar-refractivity contribution in [2.24, 2.45) is 0 Å². The zero-order valence-electron chi connectivity index (χ0n) is 27.5. The average molecular weight is 861 g/mol. The van der Waals surface area contributed by atoms with E-state index in [1.54, 1.807) is 31.3 Å². The first-order valence-corrected chi connectivity index (χ1v) is 23.2. The maximum absolute atomic E-state index is 14.1. The third kappa shape index (κ3) is 7.24. The van der Waals surface area contributed by atoms with Gasteiger partial charge in [0.1, 0.15) is 5.82 Å². The molecule has 0 N–H and O–H groups in total. The Morgan fingerprint density at radius 1 is 0.783 bits per heavy atom. The molecule has 0 unspecified atom stereocenters. The summed E-state index contributed by atoms with van der Waals surface area (Å²) in [7, 11) is 0. The first-order chi connectivity index (χ1) is 22.0. The second kappa shape index (κ2) is 14.5. The molecular formula is C40H35FGeIrN2S-2. The maximum Gasteiger partial charge on any atom is 0 e. The normalized spacial score (nSPS) is 11.8. The van der Waals surface area contributed by atoms with Crippen LogP contribution >= 0.6 is 11.3 Å². The SMILES string of the molecule is [2H]C(C)(C)c1cc(-c2[c-]ccc3c2sc2ccccc23)ncc1F.[CH3][Ge]([CH3])([CH3])[c]1cnc(-c2[c-]cccc2)cc1-c1ccccc1.[Ir]. The number of rotatable bonds is 5. The molecule has 233 valence electrons. The summed E-state index contributed by atoms with van der Waals surface area (Å²) in [5.41, 5.74) is 6.51. The number of pyridine rings is 2. The molecule has 6 heteroatoms. The summed E-state index contributed by atoms with van der Waals surface area (Å²) in [6, 6.07) is 41.3. The summed E-state index contributed by atoms with van der Waals surface area (Å²) in [5, 5.41) is 2.36. The molecule has 0 bridgehead atoms. The number of benzene rings is 4. The van der Waals surface area contributed by atoms with Crippen molar-refractivity contribution in [1.29, 1.82) is 0 Å². The van der Waals surface area contributed by atoms with Gasteiger partial charge in [0.2, 0.25) is 0 Å². The Morgan fingerprint density at radius 2 is 1.50 bits per heavy atom. The topological polar surface area (TPSA) is 25.8 Å². The van der Waals surface area contributed by atoms with Gasteiger partial charge in [0.05, 0.1) is 6.20 Å². The van der Waals surface area contributed by atoms with Crippen molar-refractivity contribution in [1.82, 2.24) is 9.97 Å². The molecular weight excluding hydrogens is 824 g/mol. The number of nitrogens with zero attached hydrogens (tertiary/aromatic N) is 2. The van der Waals surface area contributed by atoms with Crippen LogP contribution in [0.1, 0.15) is 26.7 Å². The zero-order valence-corrected chi connectivity index (χ0v) is 31.8. The number of hydrogen-bond donors (Lipinski definition) is 0. The van der Waals surface area contributed by atoms with Crippen molar-refractivity contribution in [3.8, 4) is 33.6 Å². The molecule has 4 aromatic carbocycles. The molecule has 0 aliphatic heterocycles. The van der Waals surface area contributed by atoms with Crippen LogP contribution in [0.5, 0.6) is 0 Å². The van der Waals surface area contributed by atoms with E-state index < -0.39 is 25.0 Å². The summed E-state index contributed by atoms with van der Waals surface area (Å²) in [4.78, 5) is 8.98. The third-order valence-electron chi connectivity index (χ3n) is 7.77. The Balaban J connectivity index is 0.000000181. The smallest absolute Gasteiger partial charge is 0 e. The van der Waals surface area contributed by atoms with Gasteiger partial charge in [-0.2, -0.15) is 11.3 Å². The molecule has 3 heterocycles. The molecule has 0 amide bonds. The van der Waals surface area contributed by atoms with Crippen molar-refractivity contribution in [2.45, 2.75) is 37.0 Å². The molecule has 7 aromatic rings. The van der Waals surface area contributed by atoms with E-state index in [0.717, 1.165) is 26.9 Å². The van der Waals surface area contributed by atoms with Gasteiger partial charge in [-0.15, -0.1) is 23.8 Å². The van der Waals surface area contributed by atoms with Crippen LogP contribution in [0.3, 0.4) is 0 Å². The minimum Gasteiger partial charge on any atom is 0 e. The van der Waals surface area contributed by atoms with E-state index in [9.17, 15) is 4.39 Å². The maximum atomic E-state index is 14.1. The van der Waals surface area contributed by atoms with E-state index >= 15 is 0 Å². The van der Waals surface area contributed by atoms with E-state index in [1.165, 1.54) is 31.8 Å². The van der Waals surface area contributed by atoms with Gasteiger partial charge in [-0.3, -0.25) is 0 Å². The van der Waals surface area contributed by atoms with Crippen molar-refractivity contribution >= 4 is 49.2 Å². The largest absolute Gasteiger partial charge is 0 e. The molecule has 0 aliphatic carbocycles. The quantitative estimate of drug-likeness (QED) is 0.127. The van der Waals surface area contributed by atoms with Gasteiger partial charge in [0, 0.05) is 26.2 Å². The van der Waals surface area contributed by atoms with Crippen LogP contribution in [0.4, 0.5) is 4.39 Å². The van der Waals surface area contributed by atoms with Gasteiger partial charge >= 0.3 is 135 Å². The van der Waals surface area contributed by atoms with E-state index in [0.29, 0.717) is 11.3 Å². The molecule has 0 spiro atoms. The predicted molar refractivity (Wildman–Crippen MR) is 192 cm³/mol. The summed E-state index contributed by atoms with van der Waals surface area (Å²) < 4.78 is 26.0. The molecule has 2 nitrogen and oxygen atoms in total. The molecule has 3 aromatic heterocycles. The fraction of sp³-hybridized carbons (Fsp3) is 0.150. The van der Waals surface area contributed by atoms with Gasteiger partial charge in [-0.1, -0.05) is 43.5 Å². The molecule has 46 heavy (non-hydrogen) atoms. The first-order valence-electron chi connectivity index (χ1n) is 15.5. The predicted octanol–water partition coefficient (Wildman–Crippen LogP) is 10.9. The number of fused-ring (bicyclic) bond motifs is 3. The summed E-state index contributed by atoms with van der Waals surface area (Å²) >= 11 is -0.297. The fourth-order valence-electron chi connectivity index (χ4n) is 5.45. The molecule has 0 saturated carbocycles. The van der Waals surface area contributed by atoms with E-state index in [-0.39, 0.29) is 20.1 Å². The number of thiophene rings is 1. The van der Waals surface area contributed by atoms with Crippen LogP contribution in [0, 0.1) is 17.9 Å². The van der Waals surface area contributed by atoms with Crippen LogP contribution in [0.2, 0.25) is 17.3 Å². The van der Waals surface area contributed by atoms with Crippen molar-refractivity contribution < 1.29 is 25.9 Å². The van der Waals surface area contributed by atoms with E-state index in [1.807, 2.05) is 36.4 Å². The van der Waals surface area contributed by atoms with Gasteiger partial charge in [0.25, 0.3) is 0 Å². The second-order valence-corrected chi connectivity index (χ2v) is 23.9. The molecule has 0 atom stereocenters. The van der Waals surface area contributed by atoms with Gasteiger partial charge in [0.15, 0.2) is 0 Å². The Kier molecular flexibility index (Phi) is 10.2. The van der Waals surface area contributed by atoms with Crippen LogP contribution in [0.15, 0.2) is 116 Å². The van der Waals surface area contributed by atoms with Crippen molar-refractivity contribution in [3.05, 3.63) is 139 Å². The minimum atomic E-state index is -1.99. The number of aromatic nitrogens is 2. The Bertz CT molecular complexity index is 2140. The Labute approximate surface area is 292 Å². The van der Waals surface area contributed by atoms with Crippen molar-refractivity contribution in [2.75, 3.05) is 0 Å². The Morgan fingerprint density at radius 3 is 2.22 bits per heavy atom. The molecule has 0 saturated heterocycles. The van der Waals surface area contributed by atoms with Crippen LogP contribution in [-0.4, -0.2) is 23.2 Å². The monoisotopic (exact) mass is 862 g/mol. The summed E-state index contributed by atoms with van der Waals surface area (Å²) in [6.45, 7) is 3.36. The molecule has 0 fully saturated rings. The second-order valence-electron chi connectivity index (χ2n) is 12.3. The van der Waals surface area contributed by atoms with Crippen molar-refractivity contribution in [3.63, 3.8) is 0 Å². The molecule has 7 rings (SSSR count). The summed E-state index contributed by atoms with van der Waals surface area (Å²) in [5.74, 6) is 5.78. The first kappa shape index (κ1) is 32.5. The van der Waals surface area contributed by atoms with Gasteiger partial charge in [-0.05, 0) is 33.3 Å². The number of halogens is 1. The van der Waals surface area contributed by atoms with Gasteiger partial charge in [-0.25, -0.2) is 4.39 Å². The third-order valence-corrected chi connectivity index (χ3v) is 13.2. The minimum absolute atomic E-state index is 0. The van der Waals surface area contributed by atoms with Crippen LogP contribution in [-0.2, 0) is 20.1 Å².